The van der Waals surface area contributed by atoms with Gasteiger partial charge in [0.05, 0.1) is 22.2 Å². The van der Waals surface area contributed by atoms with Crippen molar-refractivity contribution in [1.82, 2.24) is 35.0 Å². The second-order valence-corrected chi connectivity index (χ2v) is 17.9. The van der Waals surface area contributed by atoms with Gasteiger partial charge in [0.1, 0.15) is 24.0 Å². The molecule has 5 aromatic rings. The van der Waals surface area contributed by atoms with Crippen LogP contribution in [-0.4, -0.2) is 115 Å². The fourth-order valence-electron chi connectivity index (χ4n) is 8.89. The number of aliphatic hydroxyl groups is 1. The number of nitrogens with zero attached hydrogens (tertiary/aromatic N) is 6. The molecule has 5 heterocycles. The van der Waals surface area contributed by atoms with Crippen molar-refractivity contribution in [1.29, 1.82) is 0 Å². The molecule has 2 saturated heterocycles. The van der Waals surface area contributed by atoms with Gasteiger partial charge in [0.2, 0.25) is 17.8 Å². The number of nitrogens with one attached hydrogen (secondary N) is 3. The van der Waals surface area contributed by atoms with E-state index < -0.39 is 34.8 Å². The van der Waals surface area contributed by atoms with Gasteiger partial charge in [0, 0.05) is 73.8 Å². The Morgan fingerprint density at radius 3 is 2.49 bits per heavy atom. The Bertz CT molecular complexity index is 2790. The standard InChI is InChI=1S/C51H51N9O7/c1-33-29-37(14-15-39(33)55-49-53-22-16-40(56-49)36-7-4-21-52-31-36)54-44(61)35-12-10-34(11-13-35)32-59-26-24-58(25-27-59)23-5-17-50(2,66)18-6-28-67-42-9-3-8-38-43(42)47(64)60(46(38)63)41-30-51(19-20-51)48(65)57-45(41)62/h3-4,7-16,21-22,29,31,41,66H,5,17,19-20,23-28,30,32H2,1-2H3,(H,54,61)(H,53,55,56)(H,57,62,65). The number of hydrogen-bond acceptors (Lipinski definition) is 13. The average molecular weight is 902 g/mol. The second-order valence-electron chi connectivity index (χ2n) is 17.9. The Kier molecular flexibility index (Phi) is 12.6. The Morgan fingerprint density at radius 1 is 0.955 bits per heavy atom. The molecule has 3 fully saturated rings. The third kappa shape index (κ3) is 10.1. The van der Waals surface area contributed by atoms with E-state index in [0.29, 0.717) is 36.5 Å². The van der Waals surface area contributed by atoms with E-state index in [1.54, 1.807) is 37.6 Å². The minimum absolute atomic E-state index is 0.0640. The van der Waals surface area contributed by atoms with E-state index in [4.69, 9.17) is 4.74 Å². The summed E-state index contributed by atoms with van der Waals surface area (Å²) in [5, 5.41) is 19.6. The lowest BCUT2D eigenvalue weighted by molar-refractivity contribution is -0.141. The van der Waals surface area contributed by atoms with Crippen molar-refractivity contribution in [2.24, 2.45) is 5.41 Å². The zero-order valence-corrected chi connectivity index (χ0v) is 37.4. The normalized spacial score (nSPS) is 18.7. The van der Waals surface area contributed by atoms with Crippen molar-refractivity contribution >= 4 is 46.9 Å². The van der Waals surface area contributed by atoms with Crippen LogP contribution in [0.25, 0.3) is 11.3 Å². The first kappa shape index (κ1) is 44.9. The van der Waals surface area contributed by atoms with E-state index >= 15 is 0 Å². The number of piperidine rings is 1. The number of ether oxygens (including phenoxy) is 1. The van der Waals surface area contributed by atoms with Crippen LogP contribution in [-0.2, 0) is 16.1 Å². The minimum atomic E-state index is -1.26. The number of anilines is 3. The molecule has 3 aliphatic heterocycles. The fraction of sp³-hybridized carbons (Fsp3) is 0.333. The number of carbonyl (C=O) groups is 5. The lowest BCUT2D eigenvalue weighted by Crippen LogP contribution is -2.58. The molecule has 5 amide bonds. The highest BCUT2D eigenvalue weighted by atomic mass is 16.5. The lowest BCUT2D eigenvalue weighted by atomic mass is 9.90. The summed E-state index contributed by atoms with van der Waals surface area (Å²) in [5.74, 6) is 3.96. The summed E-state index contributed by atoms with van der Waals surface area (Å²) >= 11 is 0. The molecule has 67 heavy (non-hydrogen) atoms. The van der Waals surface area contributed by atoms with Crippen molar-refractivity contribution in [2.75, 3.05) is 50.0 Å². The summed E-state index contributed by atoms with van der Waals surface area (Å²) in [6.07, 6.45) is 7.72. The van der Waals surface area contributed by atoms with E-state index in [1.807, 2.05) is 67.6 Å². The molecule has 2 aromatic heterocycles. The quantitative estimate of drug-likeness (QED) is 0.0821. The SMILES string of the molecule is Cc1cc(NC(=O)c2ccc(CN3CCN(CCCC(C)(O)C#CCOc4cccc5c4C(=O)N(C4CC6(CC6)C(=O)NC4=O)C5=O)CC3)cc2)ccc1Nc1nccc(-c2cccnc2)n1. The fourth-order valence-corrected chi connectivity index (χ4v) is 8.89. The smallest absolute Gasteiger partial charge is 0.266 e. The molecule has 0 radical (unpaired) electrons. The summed E-state index contributed by atoms with van der Waals surface area (Å²) < 4.78 is 5.84. The van der Waals surface area contributed by atoms with Crippen LogP contribution >= 0.6 is 0 Å². The number of amides is 5. The summed E-state index contributed by atoms with van der Waals surface area (Å²) in [6, 6.07) is 22.6. The first-order chi connectivity index (χ1) is 32.3. The Labute approximate surface area is 388 Å². The largest absolute Gasteiger partial charge is 0.480 e. The summed E-state index contributed by atoms with van der Waals surface area (Å²) in [6.45, 7) is 8.67. The van der Waals surface area contributed by atoms with Crippen LogP contribution < -0.4 is 20.7 Å². The first-order valence-corrected chi connectivity index (χ1v) is 22.5. The van der Waals surface area contributed by atoms with Crippen molar-refractivity contribution < 1.29 is 33.8 Å². The zero-order valence-electron chi connectivity index (χ0n) is 37.4. The molecular weight excluding hydrogens is 851 g/mol. The number of carbonyl (C=O) groups excluding carboxylic acids is 5. The van der Waals surface area contributed by atoms with Gasteiger partial charge >= 0.3 is 0 Å². The minimum Gasteiger partial charge on any atom is -0.480 e. The molecular formula is C51H51N9O7. The Morgan fingerprint density at radius 2 is 1.75 bits per heavy atom. The molecule has 1 saturated carbocycles. The highest BCUT2D eigenvalue weighted by Gasteiger charge is 2.59. The van der Waals surface area contributed by atoms with Gasteiger partial charge in [-0.2, -0.15) is 0 Å². The van der Waals surface area contributed by atoms with Gasteiger partial charge in [0.15, 0.2) is 0 Å². The van der Waals surface area contributed by atoms with E-state index in [0.717, 1.165) is 78.7 Å². The molecule has 16 nitrogen and oxygen atoms in total. The molecule has 2 atom stereocenters. The highest BCUT2D eigenvalue weighted by molar-refractivity contribution is 6.24. The molecule has 0 bridgehead atoms. The topological polar surface area (TPSA) is 199 Å². The maximum Gasteiger partial charge on any atom is 0.266 e. The Hall–Kier alpha value is -7.32. The van der Waals surface area contributed by atoms with Gasteiger partial charge in [-0.3, -0.25) is 44.1 Å². The summed E-state index contributed by atoms with van der Waals surface area (Å²) in [4.78, 5) is 84.0. The molecule has 1 spiro atoms. The molecule has 4 aliphatic rings. The van der Waals surface area contributed by atoms with Crippen LogP contribution in [0.5, 0.6) is 5.75 Å². The molecule has 342 valence electrons. The molecule has 9 rings (SSSR count). The third-order valence-electron chi connectivity index (χ3n) is 12.9. The second kappa shape index (κ2) is 18.9. The lowest BCUT2D eigenvalue weighted by Gasteiger charge is -2.35. The van der Waals surface area contributed by atoms with E-state index in [9.17, 15) is 29.1 Å². The number of fused-ring (bicyclic) bond motifs is 1. The predicted octanol–water partition coefficient (Wildman–Crippen LogP) is 5.37. The van der Waals surface area contributed by atoms with Gasteiger partial charge in [-0.1, -0.05) is 30.0 Å². The average Bonchev–Trinajstić information content (AvgIpc) is 4.06. The van der Waals surface area contributed by atoms with Crippen molar-refractivity contribution in [2.45, 2.75) is 64.1 Å². The molecule has 16 heteroatoms. The Balaban J connectivity index is 0.686. The zero-order chi connectivity index (χ0) is 46.7. The van der Waals surface area contributed by atoms with Crippen molar-refractivity contribution in [3.63, 3.8) is 0 Å². The highest BCUT2D eigenvalue weighted by Crippen LogP contribution is 2.52. The number of aromatic nitrogens is 3. The number of piperazine rings is 1. The van der Waals surface area contributed by atoms with Crippen LogP contribution in [0.15, 0.2) is 97.5 Å². The number of rotatable bonds is 14. The molecule has 2 unspecified atom stereocenters. The number of pyridine rings is 1. The summed E-state index contributed by atoms with van der Waals surface area (Å²) in [7, 11) is 0. The van der Waals surface area contributed by atoms with Crippen LogP contribution in [0.2, 0.25) is 0 Å². The van der Waals surface area contributed by atoms with Gasteiger partial charge in [-0.25, -0.2) is 9.97 Å². The van der Waals surface area contributed by atoms with Gasteiger partial charge in [0.25, 0.3) is 17.7 Å². The third-order valence-corrected chi connectivity index (χ3v) is 12.9. The first-order valence-electron chi connectivity index (χ1n) is 22.5. The molecule has 4 N–H and O–H groups in total. The van der Waals surface area contributed by atoms with E-state index in [-0.39, 0.29) is 41.7 Å². The number of benzene rings is 3. The van der Waals surface area contributed by atoms with Gasteiger partial charge in [-0.05, 0) is 124 Å². The number of hydrogen-bond donors (Lipinski definition) is 4. The van der Waals surface area contributed by atoms with Crippen LogP contribution in [0.1, 0.15) is 81.2 Å². The maximum atomic E-state index is 13.5. The monoisotopic (exact) mass is 901 g/mol. The maximum absolute atomic E-state index is 13.5. The van der Waals surface area contributed by atoms with Gasteiger partial charge in [-0.15, -0.1) is 0 Å². The van der Waals surface area contributed by atoms with Crippen LogP contribution in [0, 0.1) is 24.2 Å². The van der Waals surface area contributed by atoms with E-state index in [1.165, 1.54) is 6.07 Å². The number of aryl methyl sites for hydroxylation is 1. The van der Waals surface area contributed by atoms with Crippen molar-refractivity contribution in [3.05, 3.63) is 125 Å². The van der Waals surface area contributed by atoms with Gasteiger partial charge < -0.3 is 25.4 Å². The predicted molar refractivity (Wildman–Crippen MR) is 249 cm³/mol. The molecule has 3 aromatic carbocycles. The summed E-state index contributed by atoms with van der Waals surface area (Å²) in [5.41, 5.74) is 4.04. The molecule has 1 aliphatic carbocycles. The van der Waals surface area contributed by atoms with Crippen LogP contribution in [0.4, 0.5) is 17.3 Å². The van der Waals surface area contributed by atoms with E-state index in [2.05, 4.69) is 52.5 Å². The van der Waals surface area contributed by atoms with Crippen molar-refractivity contribution in [3.8, 4) is 28.8 Å². The van der Waals surface area contributed by atoms with Crippen LogP contribution in [0.3, 0.4) is 0 Å². The number of imide groups is 2.